The van der Waals surface area contributed by atoms with E-state index in [-0.39, 0.29) is 6.54 Å². The van der Waals surface area contributed by atoms with Crippen molar-refractivity contribution < 1.29 is 23.8 Å². The number of esters is 1. The number of thiazole rings is 1. The number of hydrogen-bond donors (Lipinski definition) is 0. The number of aryl methyl sites for hydroxylation is 1. The average molecular weight is 400 g/mol. The maximum Gasteiger partial charge on any atom is 0.325 e. The highest BCUT2D eigenvalue weighted by atomic mass is 32.1. The third-order valence-electron chi connectivity index (χ3n) is 4.15. The summed E-state index contributed by atoms with van der Waals surface area (Å²) < 4.78 is 17.8. The van der Waals surface area contributed by atoms with Gasteiger partial charge in [-0.15, -0.1) is 0 Å². The number of aromatic nitrogens is 1. The van der Waals surface area contributed by atoms with Crippen LogP contribution in [0.2, 0.25) is 0 Å². The van der Waals surface area contributed by atoms with Gasteiger partial charge in [-0.25, -0.2) is 0 Å². The van der Waals surface area contributed by atoms with E-state index in [1.807, 2.05) is 25.1 Å². The number of fused-ring (bicyclic) bond motifs is 1. The predicted molar refractivity (Wildman–Crippen MR) is 106 cm³/mol. The van der Waals surface area contributed by atoms with Crippen molar-refractivity contribution in [2.24, 2.45) is 4.99 Å². The van der Waals surface area contributed by atoms with Gasteiger partial charge in [-0.05, 0) is 36.8 Å². The van der Waals surface area contributed by atoms with Gasteiger partial charge in [0.2, 0.25) is 0 Å². The van der Waals surface area contributed by atoms with Gasteiger partial charge in [-0.2, -0.15) is 4.99 Å². The highest BCUT2D eigenvalue weighted by Gasteiger charge is 2.14. The Bertz CT molecular complexity index is 1090. The third kappa shape index (κ3) is 4.07. The van der Waals surface area contributed by atoms with Crippen molar-refractivity contribution in [3.05, 3.63) is 52.3 Å². The molecule has 7 nitrogen and oxygen atoms in total. The lowest BCUT2D eigenvalue weighted by Gasteiger charge is -2.06. The monoisotopic (exact) mass is 400 g/mol. The zero-order valence-corrected chi connectivity index (χ0v) is 16.8. The Morgan fingerprint density at radius 1 is 1.04 bits per heavy atom. The molecule has 0 aliphatic rings. The van der Waals surface area contributed by atoms with Crippen molar-refractivity contribution in [3.63, 3.8) is 0 Å². The molecule has 3 rings (SSSR count). The molecule has 0 fully saturated rings. The van der Waals surface area contributed by atoms with Gasteiger partial charge >= 0.3 is 5.97 Å². The fourth-order valence-electron chi connectivity index (χ4n) is 2.69. The molecule has 8 heteroatoms. The fourth-order valence-corrected chi connectivity index (χ4v) is 3.82. The molecular formula is C20H20N2O5S. The number of hydrogen-bond acceptors (Lipinski definition) is 6. The van der Waals surface area contributed by atoms with Crippen molar-refractivity contribution in [1.29, 1.82) is 0 Å². The minimum Gasteiger partial charge on any atom is -0.497 e. The summed E-state index contributed by atoms with van der Waals surface area (Å²) in [5.41, 5.74) is 2.22. The summed E-state index contributed by atoms with van der Waals surface area (Å²) >= 11 is 1.34. The normalized spacial score (nSPS) is 11.5. The number of methoxy groups -OCH3 is 3. The van der Waals surface area contributed by atoms with E-state index in [1.54, 1.807) is 22.8 Å². The summed E-state index contributed by atoms with van der Waals surface area (Å²) in [6.07, 6.45) is 0. The Kier molecular flexibility index (Phi) is 5.79. The van der Waals surface area contributed by atoms with Gasteiger partial charge in [0, 0.05) is 11.6 Å². The third-order valence-corrected chi connectivity index (χ3v) is 5.19. The summed E-state index contributed by atoms with van der Waals surface area (Å²) in [6, 6.07) is 10.7. The molecule has 1 heterocycles. The molecular weight excluding hydrogens is 380 g/mol. The molecule has 1 aromatic heterocycles. The molecule has 0 aliphatic heterocycles. The fraction of sp³-hybridized carbons (Fsp3) is 0.250. The molecule has 3 aromatic rings. The van der Waals surface area contributed by atoms with Crippen LogP contribution in [0.1, 0.15) is 15.9 Å². The number of carbonyl (C=O) groups is 2. The SMILES string of the molecule is COC(=O)Cn1c(=NC(=O)c2cc(OC)cc(OC)c2)sc2cc(C)ccc21. The summed E-state index contributed by atoms with van der Waals surface area (Å²) in [7, 11) is 4.35. The first-order chi connectivity index (χ1) is 13.4. The van der Waals surface area contributed by atoms with Gasteiger partial charge in [0.15, 0.2) is 4.80 Å². The largest absolute Gasteiger partial charge is 0.497 e. The first kappa shape index (κ1) is 19.6. The maximum atomic E-state index is 12.8. The lowest BCUT2D eigenvalue weighted by Crippen LogP contribution is -2.22. The highest BCUT2D eigenvalue weighted by molar-refractivity contribution is 7.16. The van der Waals surface area contributed by atoms with Crippen LogP contribution in [-0.4, -0.2) is 37.8 Å². The van der Waals surface area contributed by atoms with E-state index < -0.39 is 11.9 Å². The molecule has 28 heavy (non-hydrogen) atoms. The van der Waals surface area contributed by atoms with Gasteiger partial charge in [-0.3, -0.25) is 9.59 Å². The van der Waals surface area contributed by atoms with Crippen LogP contribution >= 0.6 is 11.3 Å². The number of carbonyl (C=O) groups excluding carboxylic acids is 2. The molecule has 0 aliphatic carbocycles. The van der Waals surface area contributed by atoms with Crippen molar-refractivity contribution in [2.45, 2.75) is 13.5 Å². The van der Waals surface area contributed by atoms with E-state index in [2.05, 4.69) is 4.99 Å². The molecule has 0 radical (unpaired) electrons. The first-order valence-electron chi connectivity index (χ1n) is 8.44. The van der Waals surface area contributed by atoms with Gasteiger partial charge < -0.3 is 18.8 Å². The Labute approximate surface area is 165 Å². The van der Waals surface area contributed by atoms with E-state index in [0.29, 0.717) is 21.9 Å². The van der Waals surface area contributed by atoms with Gasteiger partial charge in [0.05, 0.1) is 31.5 Å². The second kappa shape index (κ2) is 8.26. The summed E-state index contributed by atoms with van der Waals surface area (Å²) in [5, 5.41) is 0. The second-order valence-electron chi connectivity index (χ2n) is 6.04. The van der Waals surface area contributed by atoms with Crippen molar-refractivity contribution >= 4 is 33.4 Å². The molecule has 0 saturated carbocycles. The highest BCUT2D eigenvalue weighted by Crippen LogP contribution is 2.23. The number of rotatable bonds is 5. The predicted octanol–water partition coefficient (Wildman–Crippen LogP) is 2.94. The second-order valence-corrected chi connectivity index (χ2v) is 7.05. The Morgan fingerprint density at radius 2 is 1.71 bits per heavy atom. The lowest BCUT2D eigenvalue weighted by molar-refractivity contribution is -0.141. The van der Waals surface area contributed by atoms with Gasteiger partial charge in [-0.1, -0.05) is 17.4 Å². The first-order valence-corrected chi connectivity index (χ1v) is 9.25. The Balaban J connectivity index is 2.13. The minimum atomic E-state index is -0.459. The summed E-state index contributed by atoms with van der Waals surface area (Å²) in [6.45, 7) is 1.95. The Morgan fingerprint density at radius 3 is 2.32 bits per heavy atom. The molecule has 1 amide bonds. The number of benzene rings is 2. The van der Waals surface area contributed by atoms with Crippen LogP contribution < -0.4 is 14.3 Å². The molecule has 0 bridgehead atoms. The van der Waals surface area contributed by atoms with Crippen LogP contribution in [0.15, 0.2) is 41.4 Å². The van der Waals surface area contributed by atoms with Crippen LogP contribution in [0.3, 0.4) is 0 Å². The molecule has 0 spiro atoms. The summed E-state index contributed by atoms with van der Waals surface area (Å²) in [5.74, 6) is 0.107. The number of nitrogens with zero attached hydrogens (tertiary/aromatic N) is 2. The van der Waals surface area contributed by atoms with Crippen molar-refractivity contribution in [1.82, 2.24) is 4.57 Å². The van der Waals surface area contributed by atoms with Gasteiger partial charge in [0.1, 0.15) is 18.0 Å². The molecule has 146 valence electrons. The summed E-state index contributed by atoms with van der Waals surface area (Å²) in [4.78, 5) is 29.3. The topological polar surface area (TPSA) is 79.1 Å². The quantitative estimate of drug-likeness (QED) is 0.615. The number of amides is 1. The standard InChI is InChI=1S/C20H20N2O5S/c1-12-5-6-16-17(7-12)28-20(22(16)11-18(23)27-4)21-19(24)13-8-14(25-2)10-15(9-13)26-3/h5-10H,11H2,1-4H3. The zero-order chi connectivity index (χ0) is 20.3. The van der Waals surface area contributed by atoms with Crippen molar-refractivity contribution in [3.8, 4) is 11.5 Å². The van der Waals surface area contributed by atoms with E-state index in [4.69, 9.17) is 14.2 Å². The lowest BCUT2D eigenvalue weighted by atomic mass is 10.2. The molecule has 0 atom stereocenters. The van der Waals surface area contributed by atoms with Gasteiger partial charge in [0.25, 0.3) is 5.91 Å². The molecule has 2 aromatic carbocycles. The Hall–Kier alpha value is -3.13. The molecule has 0 saturated heterocycles. The average Bonchev–Trinajstić information content (AvgIpc) is 3.03. The minimum absolute atomic E-state index is 0.0346. The maximum absolute atomic E-state index is 12.8. The molecule has 0 unspecified atom stereocenters. The van der Waals surface area contributed by atoms with E-state index in [9.17, 15) is 9.59 Å². The van der Waals surface area contributed by atoms with Crippen LogP contribution in [0, 0.1) is 6.92 Å². The van der Waals surface area contributed by atoms with Crippen LogP contribution in [0.5, 0.6) is 11.5 Å². The molecule has 0 N–H and O–H groups in total. The van der Waals surface area contributed by atoms with Crippen LogP contribution in [0.25, 0.3) is 10.2 Å². The zero-order valence-electron chi connectivity index (χ0n) is 16.0. The van der Waals surface area contributed by atoms with E-state index >= 15 is 0 Å². The smallest absolute Gasteiger partial charge is 0.325 e. The van der Waals surface area contributed by atoms with Crippen LogP contribution in [0.4, 0.5) is 0 Å². The number of ether oxygens (including phenoxy) is 3. The van der Waals surface area contributed by atoms with E-state index in [0.717, 1.165) is 15.8 Å². The van der Waals surface area contributed by atoms with Crippen LogP contribution in [-0.2, 0) is 16.1 Å². The van der Waals surface area contributed by atoms with E-state index in [1.165, 1.54) is 32.7 Å². The van der Waals surface area contributed by atoms with Crippen molar-refractivity contribution in [2.75, 3.05) is 21.3 Å².